The Balaban J connectivity index is 2.01. The maximum atomic E-state index is 12.2. The van der Waals surface area contributed by atoms with Gasteiger partial charge in [-0.2, -0.15) is 0 Å². The summed E-state index contributed by atoms with van der Waals surface area (Å²) >= 11 is 5.82. The molecule has 1 aromatic carbocycles. The van der Waals surface area contributed by atoms with Gasteiger partial charge in [0.25, 0.3) is 0 Å². The summed E-state index contributed by atoms with van der Waals surface area (Å²) in [4.78, 5) is 26.4. The van der Waals surface area contributed by atoms with Crippen molar-refractivity contribution in [2.45, 2.75) is 6.42 Å². The Morgan fingerprint density at radius 3 is 2.56 bits per heavy atom. The molecule has 1 aromatic rings. The Morgan fingerprint density at radius 2 is 1.96 bits per heavy atom. The number of hydrogen-bond donors (Lipinski definition) is 1. The van der Waals surface area contributed by atoms with Crippen LogP contribution in [0, 0.1) is 5.92 Å². The average molecular weight is 367 g/mol. The van der Waals surface area contributed by atoms with E-state index in [1.54, 1.807) is 24.3 Å². The minimum Gasteiger partial charge on any atom is -0.469 e. The molecule has 25 heavy (non-hydrogen) atoms. The largest absolute Gasteiger partial charge is 0.469 e. The molecule has 6 nitrogen and oxygen atoms in total. The number of rotatable bonds is 7. The van der Waals surface area contributed by atoms with E-state index in [4.69, 9.17) is 26.8 Å². The topological polar surface area (TPSA) is 81.9 Å². The van der Waals surface area contributed by atoms with Crippen molar-refractivity contribution in [2.75, 3.05) is 40.0 Å². The lowest BCUT2D eigenvalue weighted by Crippen LogP contribution is -2.41. The van der Waals surface area contributed by atoms with Gasteiger partial charge in [0.05, 0.1) is 26.2 Å². The molecule has 1 atom stereocenters. The highest BCUT2D eigenvalue weighted by molar-refractivity contribution is 6.30. The second-order valence-electron chi connectivity index (χ2n) is 5.93. The van der Waals surface area contributed by atoms with E-state index in [1.807, 2.05) is 0 Å². The van der Waals surface area contributed by atoms with Crippen molar-refractivity contribution in [1.29, 1.82) is 0 Å². The van der Waals surface area contributed by atoms with E-state index in [0.717, 1.165) is 13.1 Å². The summed E-state index contributed by atoms with van der Waals surface area (Å²) in [6, 6.07) is 6.57. The number of morpholine rings is 1. The molecule has 1 heterocycles. The molecule has 1 saturated heterocycles. The molecule has 1 aliphatic heterocycles. The van der Waals surface area contributed by atoms with Gasteiger partial charge in [-0.25, -0.2) is 0 Å². The SMILES string of the molecule is COC(=O)C(C/C(N)=C/C(=O)c1ccc(Cl)cc1)CN1CCOCC1. The first kappa shape index (κ1) is 19.4. The molecule has 7 heteroatoms. The Labute approximate surface area is 152 Å². The van der Waals surface area contributed by atoms with Crippen LogP contribution in [-0.4, -0.2) is 56.6 Å². The molecule has 1 aliphatic rings. The number of ketones is 1. The highest BCUT2D eigenvalue weighted by Gasteiger charge is 2.24. The number of ether oxygens (including phenoxy) is 2. The van der Waals surface area contributed by atoms with Gasteiger partial charge in [0.2, 0.25) is 0 Å². The summed E-state index contributed by atoms with van der Waals surface area (Å²) in [5.41, 5.74) is 6.85. The number of esters is 1. The van der Waals surface area contributed by atoms with Crippen molar-refractivity contribution in [1.82, 2.24) is 4.90 Å². The maximum absolute atomic E-state index is 12.2. The third kappa shape index (κ3) is 6.16. The van der Waals surface area contributed by atoms with Crippen molar-refractivity contribution in [3.63, 3.8) is 0 Å². The zero-order chi connectivity index (χ0) is 18.2. The normalized spacial score (nSPS) is 17.1. The van der Waals surface area contributed by atoms with E-state index in [2.05, 4.69) is 4.90 Å². The molecule has 1 unspecified atom stereocenters. The highest BCUT2D eigenvalue weighted by Crippen LogP contribution is 2.15. The predicted molar refractivity (Wildman–Crippen MR) is 95.4 cm³/mol. The number of hydrogen-bond acceptors (Lipinski definition) is 6. The Hall–Kier alpha value is -1.89. The average Bonchev–Trinajstić information content (AvgIpc) is 2.61. The van der Waals surface area contributed by atoms with Crippen molar-refractivity contribution in [2.24, 2.45) is 11.7 Å². The Morgan fingerprint density at radius 1 is 1.32 bits per heavy atom. The van der Waals surface area contributed by atoms with Gasteiger partial charge in [0, 0.05) is 48.4 Å². The van der Waals surface area contributed by atoms with E-state index in [0.29, 0.717) is 36.0 Å². The zero-order valence-electron chi connectivity index (χ0n) is 14.2. The lowest BCUT2D eigenvalue weighted by atomic mass is 10.0. The molecule has 136 valence electrons. The summed E-state index contributed by atoms with van der Waals surface area (Å²) in [7, 11) is 1.35. The second-order valence-corrected chi connectivity index (χ2v) is 6.36. The highest BCUT2D eigenvalue weighted by atomic mass is 35.5. The third-order valence-corrected chi connectivity index (χ3v) is 4.30. The smallest absolute Gasteiger partial charge is 0.310 e. The summed E-state index contributed by atoms with van der Waals surface area (Å²) in [6.45, 7) is 3.35. The van der Waals surface area contributed by atoms with Gasteiger partial charge in [-0.1, -0.05) is 11.6 Å². The number of carbonyl (C=O) groups is 2. The second kappa shape index (κ2) is 9.56. The van der Waals surface area contributed by atoms with Crippen LogP contribution in [-0.2, 0) is 14.3 Å². The van der Waals surface area contributed by atoms with E-state index < -0.39 is 5.92 Å². The fourth-order valence-corrected chi connectivity index (χ4v) is 2.82. The summed E-state index contributed by atoms with van der Waals surface area (Å²) in [6.07, 6.45) is 1.63. The van der Waals surface area contributed by atoms with Crippen molar-refractivity contribution >= 4 is 23.4 Å². The van der Waals surface area contributed by atoms with Gasteiger partial charge in [-0.3, -0.25) is 14.5 Å². The Bertz CT molecular complexity index is 624. The zero-order valence-corrected chi connectivity index (χ0v) is 15.0. The first-order valence-corrected chi connectivity index (χ1v) is 8.51. The molecular weight excluding hydrogens is 344 g/mol. The van der Waals surface area contributed by atoms with Crippen LogP contribution in [0.25, 0.3) is 0 Å². The van der Waals surface area contributed by atoms with E-state index in [-0.39, 0.29) is 18.2 Å². The number of allylic oxidation sites excluding steroid dienone is 2. The monoisotopic (exact) mass is 366 g/mol. The molecule has 0 amide bonds. The maximum Gasteiger partial charge on any atom is 0.310 e. The number of halogens is 1. The molecule has 0 aromatic heterocycles. The number of nitrogens with two attached hydrogens (primary N) is 1. The first-order chi connectivity index (χ1) is 12.0. The molecule has 0 spiro atoms. The minimum absolute atomic E-state index is 0.218. The van der Waals surface area contributed by atoms with Crippen molar-refractivity contribution < 1.29 is 19.1 Å². The van der Waals surface area contributed by atoms with Crippen LogP contribution in [0.2, 0.25) is 5.02 Å². The van der Waals surface area contributed by atoms with Gasteiger partial charge in [0.1, 0.15) is 0 Å². The van der Waals surface area contributed by atoms with Crippen LogP contribution in [0.5, 0.6) is 0 Å². The molecule has 0 radical (unpaired) electrons. The van der Waals surface area contributed by atoms with Crippen LogP contribution in [0.3, 0.4) is 0 Å². The Kier molecular flexibility index (Phi) is 7.43. The summed E-state index contributed by atoms with van der Waals surface area (Å²) in [5.74, 6) is -0.969. The van der Waals surface area contributed by atoms with Crippen LogP contribution in [0.1, 0.15) is 16.8 Å². The standard InChI is InChI=1S/C18H23ClN2O4/c1-24-18(23)14(12-21-6-8-25-9-7-21)10-16(20)11-17(22)13-2-4-15(19)5-3-13/h2-5,11,14H,6-10,12,20H2,1H3/b16-11-. The first-order valence-electron chi connectivity index (χ1n) is 8.13. The molecular formula is C18H23ClN2O4. The van der Waals surface area contributed by atoms with E-state index in [9.17, 15) is 9.59 Å². The van der Waals surface area contributed by atoms with Crippen LogP contribution in [0.4, 0.5) is 0 Å². The fourth-order valence-electron chi connectivity index (χ4n) is 2.69. The van der Waals surface area contributed by atoms with Gasteiger partial charge in [-0.15, -0.1) is 0 Å². The number of methoxy groups -OCH3 is 1. The van der Waals surface area contributed by atoms with Crippen LogP contribution < -0.4 is 5.73 Å². The predicted octanol–water partition coefficient (Wildman–Crippen LogP) is 1.88. The van der Waals surface area contributed by atoms with Crippen molar-refractivity contribution in [3.8, 4) is 0 Å². The van der Waals surface area contributed by atoms with Gasteiger partial charge >= 0.3 is 5.97 Å². The number of benzene rings is 1. The fraction of sp³-hybridized carbons (Fsp3) is 0.444. The molecule has 0 aliphatic carbocycles. The molecule has 1 fully saturated rings. The molecule has 0 bridgehead atoms. The number of carbonyl (C=O) groups excluding carboxylic acids is 2. The summed E-state index contributed by atoms with van der Waals surface area (Å²) in [5, 5.41) is 0.560. The van der Waals surface area contributed by atoms with Crippen LogP contribution in [0.15, 0.2) is 36.0 Å². The van der Waals surface area contributed by atoms with Gasteiger partial charge in [-0.05, 0) is 24.3 Å². The quantitative estimate of drug-likeness (QED) is 0.450. The van der Waals surface area contributed by atoms with Gasteiger partial charge < -0.3 is 15.2 Å². The summed E-state index contributed by atoms with van der Waals surface area (Å²) < 4.78 is 10.2. The van der Waals surface area contributed by atoms with E-state index >= 15 is 0 Å². The molecule has 2 rings (SSSR count). The number of nitrogens with zero attached hydrogens (tertiary/aromatic N) is 1. The van der Waals surface area contributed by atoms with Gasteiger partial charge in [0.15, 0.2) is 5.78 Å². The molecule has 2 N–H and O–H groups in total. The third-order valence-electron chi connectivity index (χ3n) is 4.04. The lowest BCUT2D eigenvalue weighted by Gasteiger charge is -2.29. The van der Waals surface area contributed by atoms with Crippen LogP contribution >= 0.6 is 11.6 Å². The minimum atomic E-state index is -0.419. The molecule has 0 saturated carbocycles. The van der Waals surface area contributed by atoms with Crippen molar-refractivity contribution in [3.05, 3.63) is 46.6 Å². The lowest BCUT2D eigenvalue weighted by molar-refractivity contribution is -0.146. The van der Waals surface area contributed by atoms with E-state index in [1.165, 1.54) is 13.2 Å².